The van der Waals surface area contributed by atoms with Gasteiger partial charge in [-0.25, -0.2) is 0 Å². The summed E-state index contributed by atoms with van der Waals surface area (Å²) in [6.07, 6.45) is 16.1. The molecule has 3 rings (SSSR count). The lowest BCUT2D eigenvalue weighted by Crippen LogP contribution is -2.39. The minimum atomic E-state index is -0.626. The van der Waals surface area contributed by atoms with E-state index in [0.717, 1.165) is 23.8 Å². The topological polar surface area (TPSA) is 98.0 Å². The summed E-state index contributed by atoms with van der Waals surface area (Å²) in [5, 5.41) is 40.1. The number of fused-ring (bicyclic) bond motifs is 1. The highest BCUT2D eigenvalue weighted by molar-refractivity contribution is 7.13. The quantitative estimate of drug-likeness (QED) is 0.314. The fraction of sp³-hybridized carbons (Fsp3) is 0.480. The number of phenolic OH excluding ortho intramolecular Hbond substituents is 3. The van der Waals surface area contributed by atoms with Gasteiger partial charge in [0, 0.05) is 15.3 Å². The SMILES string of the molecule is CCCCCCCCCCC1C=c2sc(-c3cc(O)c(O)c(O)c3)c(O)c(=O)c2=CC1. The molecule has 0 fully saturated rings. The molecule has 1 aliphatic carbocycles. The first kappa shape index (κ1) is 23.2. The molecule has 1 atom stereocenters. The van der Waals surface area contributed by atoms with E-state index in [1.54, 1.807) is 0 Å². The van der Waals surface area contributed by atoms with Crippen LogP contribution in [0.25, 0.3) is 22.6 Å². The van der Waals surface area contributed by atoms with E-state index in [2.05, 4.69) is 13.0 Å². The second-order valence-corrected chi connectivity index (χ2v) is 9.43. The fourth-order valence-corrected chi connectivity index (χ4v) is 5.29. The van der Waals surface area contributed by atoms with Gasteiger partial charge in [0.15, 0.2) is 23.0 Å². The van der Waals surface area contributed by atoms with E-state index in [1.165, 1.54) is 68.4 Å². The number of rotatable bonds is 10. The van der Waals surface area contributed by atoms with Crippen molar-refractivity contribution in [1.82, 2.24) is 0 Å². The number of benzene rings is 1. The van der Waals surface area contributed by atoms with Crippen molar-refractivity contribution in [1.29, 1.82) is 0 Å². The molecule has 1 aromatic heterocycles. The number of hydrogen-bond acceptors (Lipinski definition) is 6. The van der Waals surface area contributed by atoms with E-state index in [0.29, 0.717) is 11.1 Å². The Balaban J connectivity index is 1.73. The Hall–Kier alpha value is -2.47. The molecule has 0 radical (unpaired) electrons. The van der Waals surface area contributed by atoms with Crippen molar-refractivity contribution in [2.75, 3.05) is 0 Å². The van der Waals surface area contributed by atoms with Gasteiger partial charge in [-0.2, -0.15) is 0 Å². The van der Waals surface area contributed by atoms with Crippen molar-refractivity contribution in [2.24, 2.45) is 5.92 Å². The van der Waals surface area contributed by atoms with Gasteiger partial charge in [-0.1, -0.05) is 70.4 Å². The Bertz CT molecular complexity index is 1060. The Kier molecular flexibility index (Phi) is 8.02. The van der Waals surface area contributed by atoms with Gasteiger partial charge in [0.25, 0.3) is 0 Å². The van der Waals surface area contributed by atoms with Crippen LogP contribution in [0.5, 0.6) is 23.0 Å². The highest BCUT2D eigenvalue weighted by Gasteiger charge is 2.18. The summed E-state index contributed by atoms with van der Waals surface area (Å²) in [6.45, 7) is 2.23. The molecule has 5 nitrogen and oxygen atoms in total. The van der Waals surface area contributed by atoms with Gasteiger partial charge in [0.05, 0.1) is 4.88 Å². The molecule has 0 aliphatic heterocycles. The van der Waals surface area contributed by atoms with Crippen LogP contribution in [0.3, 0.4) is 0 Å². The summed E-state index contributed by atoms with van der Waals surface area (Å²) in [6, 6.07) is 2.47. The average Bonchev–Trinajstić information content (AvgIpc) is 2.76. The fourth-order valence-electron chi connectivity index (χ4n) is 4.10. The Morgan fingerprint density at radius 3 is 2.16 bits per heavy atom. The molecule has 6 heteroatoms. The average molecular weight is 445 g/mol. The van der Waals surface area contributed by atoms with Gasteiger partial charge in [-0.15, -0.1) is 11.3 Å². The van der Waals surface area contributed by atoms with Gasteiger partial charge in [0.2, 0.25) is 5.43 Å². The van der Waals surface area contributed by atoms with Crippen molar-refractivity contribution in [3.8, 4) is 33.4 Å². The zero-order valence-corrected chi connectivity index (χ0v) is 18.9. The second kappa shape index (κ2) is 10.7. The third-order valence-electron chi connectivity index (χ3n) is 5.92. The maximum atomic E-state index is 12.7. The highest BCUT2D eigenvalue weighted by Crippen LogP contribution is 2.41. The molecule has 0 saturated heterocycles. The molecule has 0 amide bonds. The first-order valence-electron chi connectivity index (χ1n) is 11.3. The summed E-state index contributed by atoms with van der Waals surface area (Å²) in [4.78, 5) is 13.0. The van der Waals surface area contributed by atoms with Crippen molar-refractivity contribution in [3.63, 3.8) is 0 Å². The van der Waals surface area contributed by atoms with Gasteiger partial charge >= 0.3 is 0 Å². The molecule has 31 heavy (non-hydrogen) atoms. The first-order valence-corrected chi connectivity index (χ1v) is 12.1. The molecule has 1 aliphatic rings. The normalized spacial score (nSPS) is 15.2. The molecule has 0 bridgehead atoms. The van der Waals surface area contributed by atoms with Crippen LogP contribution in [-0.2, 0) is 0 Å². The summed E-state index contributed by atoms with van der Waals surface area (Å²) >= 11 is 1.26. The maximum absolute atomic E-state index is 12.7. The van der Waals surface area contributed by atoms with Crippen LogP contribution >= 0.6 is 11.3 Å². The van der Waals surface area contributed by atoms with E-state index >= 15 is 0 Å². The minimum absolute atomic E-state index is 0.270. The molecule has 1 unspecified atom stereocenters. The summed E-state index contributed by atoms with van der Waals surface area (Å²) in [5.74, 6) is -1.68. The predicted molar refractivity (Wildman–Crippen MR) is 126 cm³/mol. The number of phenols is 3. The second-order valence-electron chi connectivity index (χ2n) is 8.38. The molecule has 2 aromatic rings. The zero-order valence-electron chi connectivity index (χ0n) is 18.1. The lowest BCUT2D eigenvalue weighted by atomic mass is 9.94. The molecule has 4 N–H and O–H groups in total. The molecule has 1 heterocycles. The molecular weight excluding hydrogens is 412 g/mol. The third kappa shape index (κ3) is 5.62. The van der Waals surface area contributed by atoms with E-state index in [1.807, 2.05) is 6.08 Å². The third-order valence-corrected chi connectivity index (χ3v) is 7.13. The monoisotopic (exact) mass is 444 g/mol. The van der Waals surface area contributed by atoms with Crippen LogP contribution in [0.2, 0.25) is 0 Å². The van der Waals surface area contributed by atoms with E-state index in [9.17, 15) is 25.2 Å². The zero-order chi connectivity index (χ0) is 22.4. The summed E-state index contributed by atoms with van der Waals surface area (Å²) < 4.78 is 0.806. The van der Waals surface area contributed by atoms with Gasteiger partial charge < -0.3 is 20.4 Å². The Morgan fingerprint density at radius 2 is 1.52 bits per heavy atom. The van der Waals surface area contributed by atoms with Crippen LogP contribution in [-0.4, -0.2) is 20.4 Å². The standard InChI is InChI=1S/C25H32O5S/c1-2-3-4-5-6-7-8-9-10-16-11-12-18-21(13-16)31-25(24(30)22(18)28)17-14-19(26)23(29)20(27)15-17/h12-16,26-27,29-30H,2-11H2,1H3. The van der Waals surface area contributed by atoms with Crippen LogP contribution in [0.4, 0.5) is 0 Å². The van der Waals surface area contributed by atoms with Gasteiger partial charge in [-0.05, 0) is 30.9 Å². The number of unbranched alkanes of at least 4 members (excludes halogenated alkanes) is 7. The molecule has 0 spiro atoms. The minimum Gasteiger partial charge on any atom is -0.504 e. The predicted octanol–water partition coefficient (Wildman–Crippen LogP) is 4.71. The van der Waals surface area contributed by atoms with Gasteiger partial charge in [0.1, 0.15) is 0 Å². The summed E-state index contributed by atoms with van der Waals surface area (Å²) in [5.41, 5.74) is -0.161. The smallest absolute Gasteiger partial charge is 0.229 e. The first-order chi connectivity index (χ1) is 14.9. The maximum Gasteiger partial charge on any atom is 0.229 e. The molecular formula is C25H32O5S. The molecule has 0 saturated carbocycles. The Labute approximate surface area is 186 Å². The lowest BCUT2D eigenvalue weighted by molar-refractivity contribution is 0.368. The molecule has 168 valence electrons. The van der Waals surface area contributed by atoms with Crippen molar-refractivity contribution in [2.45, 2.75) is 71.1 Å². The van der Waals surface area contributed by atoms with Gasteiger partial charge in [-0.3, -0.25) is 4.79 Å². The van der Waals surface area contributed by atoms with Crippen LogP contribution in [0.1, 0.15) is 71.1 Å². The lowest BCUT2D eigenvalue weighted by Gasteiger charge is -2.14. The van der Waals surface area contributed by atoms with Crippen LogP contribution < -0.4 is 15.2 Å². The largest absolute Gasteiger partial charge is 0.504 e. The van der Waals surface area contributed by atoms with Crippen LogP contribution in [0.15, 0.2) is 16.9 Å². The number of aromatic hydroxyl groups is 4. The van der Waals surface area contributed by atoms with E-state index < -0.39 is 28.4 Å². The highest BCUT2D eigenvalue weighted by atomic mass is 32.1. The van der Waals surface area contributed by atoms with Crippen molar-refractivity contribution in [3.05, 3.63) is 32.1 Å². The van der Waals surface area contributed by atoms with E-state index in [-0.39, 0.29) is 10.4 Å². The van der Waals surface area contributed by atoms with Crippen molar-refractivity contribution >= 4 is 23.5 Å². The summed E-state index contributed by atoms with van der Waals surface area (Å²) in [7, 11) is 0. The van der Waals surface area contributed by atoms with Crippen LogP contribution in [0, 0.1) is 5.92 Å². The van der Waals surface area contributed by atoms with E-state index in [4.69, 9.17) is 0 Å². The number of hydrogen-bond donors (Lipinski definition) is 4. The Morgan fingerprint density at radius 1 is 0.903 bits per heavy atom. The van der Waals surface area contributed by atoms with Crippen molar-refractivity contribution < 1.29 is 20.4 Å². The molecule has 1 aromatic carbocycles.